The van der Waals surface area contributed by atoms with E-state index in [2.05, 4.69) is 34.0 Å². The second kappa shape index (κ2) is 8.50. The van der Waals surface area contributed by atoms with Gasteiger partial charge in [-0.1, -0.05) is 27.7 Å². The number of nitrogens with zero attached hydrogens (tertiary/aromatic N) is 6. The second-order valence-corrected chi connectivity index (χ2v) is 10.7. The first-order valence-electron chi connectivity index (χ1n) is 12.4. The summed E-state index contributed by atoms with van der Waals surface area (Å²) < 4.78 is 1.96. The summed E-state index contributed by atoms with van der Waals surface area (Å²) in [6, 6.07) is 8.19. The van der Waals surface area contributed by atoms with Crippen molar-refractivity contribution in [3.05, 3.63) is 41.9 Å². The zero-order valence-corrected chi connectivity index (χ0v) is 20.5. The number of nitriles is 1. The lowest BCUT2D eigenvalue weighted by molar-refractivity contribution is -0.131. The molecular weight excluding hydrogens is 424 g/mol. The molecule has 0 spiro atoms. The van der Waals surface area contributed by atoms with E-state index in [9.17, 15) is 10.1 Å². The van der Waals surface area contributed by atoms with Gasteiger partial charge in [0.2, 0.25) is 0 Å². The maximum atomic E-state index is 13.0. The van der Waals surface area contributed by atoms with Crippen LogP contribution in [0, 0.1) is 22.7 Å². The van der Waals surface area contributed by atoms with Crippen molar-refractivity contribution < 1.29 is 4.79 Å². The molecule has 2 fully saturated rings. The van der Waals surface area contributed by atoms with Gasteiger partial charge < -0.3 is 4.90 Å². The molecule has 0 bridgehead atoms. The Bertz CT molecular complexity index is 1280. The van der Waals surface area contributed by atoms with Gasteiger partial charge in [0.05, 0.1) is 23.0 Å². The molecule has 3 aromatic heterocycles. The zero-order valence-electron chi connectivity index (χ0n) is 20.5. The van der Waals surface area contributed by atoms with Gasteiger partial charge in [0.25, 0.3) is 0 Å². The molecule has 3 aromatic rings. The fourth-order valence-corrected chi connectivity index (χ4v) is 5.36. The van der Waals surface area contributed by atoms with Crippen molar-refractivity contribution in [2.24, 2.45) is 11.3 Å². The quantitative estimate of drug-likeness (QED) is 0.528. The fourth-order valence-electron chi connectivity index (χ4n) is 5.36. The highest BCUT2D eigenvalue weighted by atomic mass is 16.1. The zero-order chi connectivity index (χ0) is 24.0. The minimum absolute atomic E-state index is 0.0993. The molecule has 2 aliphatic rings. The molecule has 2 atom stereocenters. The first-order valence-corrected chi connectivity index (χ1v) is 12.4. The Morgan fingerprint density at radius 2 is 2.00 bits per heavy atom. The van der Waals surface area contributed by atoms with E-state index in [0.29, 0.717) is 17.3 Å². The number of hydrogen-bond donors (Lipinski definition) is 0. The highest BCUT2D eigenvalue weighted by molar-refractivity contribution is 5.86. The summed E-state index contributed by atoms with van der Waals surface area (Å²) in [6.45, 7) is 9.08. The van der Waals surface area contributed by atoms with Gasteiger partial charge in [-0.2, -0.15) is 10.4 Å². The van der Waals surface area contributed by atoms with Crippen molar-refractivity contribution in [1.29, 1.82) is 5.26 Å². The molecule has 5 rings (SSSR count). The largest absolute Gasteiger partial charge is 0.352 e. The molecule has 1 saturated carbocycles. The summed E-state index contributed by atoms with van der Waals surface area (Å²) in [5, 5.41) is 14.0. The smallest absolute Gasteiger partial charge is 0.157 e. The molecule has 4 heterocycles. The van der Waals surface area contributed by atoms with Crippen LogP contribution in [0.1, 0.15) is 76.8 Å². The molecule has 1 aliphatic heterocycles. The molecular formula is C27H32N6O. The first-order chi connectivity index (χ1) is 16.3. The van der Waals surface area contributed by atoms with E-state index >= 15 is 0 Å². The van der Waals surface area contributed by atoms with Crippen LogP contribution in [0.5, 0.6) is 0 Å². The number of hydrogen-bond acceptors (Lipinski definition) is 6. The number of anilines is 1. The Hall–Kier alpha value is -3.27. The van der Waals surface area contributed by atoms with E-state index in [-0.39, 0.29) is 17.4 Å². The van der Waals surface area contributed by atoms with Crippen LogP contribution < -0.4 is 4.90 Å². The van der Waals surface area contributed by atoms with E-state index in [1.54, 1.807) is 18.6 Å². The average molecular weight is 457 g/mol. The Balaban J connectivity index is 1.58. The van der Waals surface area contributed by atoms with Crippen LogP contribution in [-0.2, 0) is 4.79 Å². The SMILES string of the molecule is CC[C@H]1C[C@@H](C(=O)C(C)(C)C)CCN1c1ncnn2c(-c3cc(C#N)ccn3)cc(C3CC3)c12. The Morgan fingerprint density at radius 1 is 1.21 bits per heavy atom. The molecule has 0 aromatic carbocycles. The number of fused-ring (bicyclic) bond motifs is 1. The van der Waals surface area contributed by atoms with Gasteiger partial charge in [-0.15, -0.1) is 0 Å². The monoisotopic (exact) mass is 456 g/mol. The highest BCUT2D eigenvalue weighted by Crippen LogP contribution is 2.46. The number of rotatable bonds is 5. The molecule has 1 aliphatic carbocycles. The van der Waals surface area contributed by atoms with Gasteiger partial charge in [-0.05, 0) is 61.8 Å². The van der Waals surface area contributed by atoms with Crippen LogP contribution in [0.4, 0.5) is 5.82 Å². The van der Waals surface area contributed by atoms with E-state index in [0.717, 1.165) is 48.5 Å². The van der Waals surface area contributed by atoms with E-state index in [4.69, 9.17) is 4.98 Å². The third-order valence-electron chi connectivity index (χ3n) is 7.30. The topological polar surface area (TPSA) is 87.2 Å². The minimum Gasteiger partial charge on any atom is -0.352 e. The number of ketones is 1. The molecule has 0 amide bonds. The molecule has 176 valence electrons. The molecule has 34 heavy (non-hydrogen) atoms. The van der Waals surface area contributed by atoms with Crippen LogP contribution in [0.15, 0.2) is 30.7 Å². The molecule has 1 saturated heterocycles. The predicted octanol–water partition coefficient (Wildman–Crippen LogP) is 5.15. The summed E-state index contributed by atoms with van der Waals surface area (Å²) in [4.78, 5) is 24.8. The summed E-state index contributed by atoms with van der Waals surface area (Å²) in [7, 11) is 0. The van der Waals surface area contributed by atoms with Crippen molar-refractivity contribution in [3.63, 3.8) is 0 Å². The van der Waals surface area contributed by atoms with Gasteiger partial charge in [0, 0.05) is 30.1 Å². The molecule has 0 unspecified atom stereocenters. The predicted molar refractivity (Wildman–Crippen MR) is 132 cm³/mol. The summed E-state index contributed by atoms with van der Waals surface area (Å²) in [6.07, 6.45) is 8.30. The van der Waals surface area contributed by atoms with E-state index in [1.165, 1.54) is 18.4 Å². The van der Waals surface area contributed by atoms with Crippen LogP contribution in [-0.4, -0.2) is 38.0 Å². The van der Waals surface area contributed by atoms with Crippen LogP contribution in [0.3, 0.4) is 0 Å². The van der Waals surface area contributed by atoms with Crippen molar-refractivity contribution in [2.75, 3.05) is 11.4 Å². The van der Waals surface area contributed by atoms with E-state index < -0.39 is 0 Å². The fraction of sp³-hybridized carbons (Fsp3) is 0.519. The number of pyridine rings is 1. The number of carbonyl (C=O) groups is 1. The summed E-state index contributed by atoms with van der Waals surface area (Å²) >= 11 is 0. The summed E-state index contributed by atoms with van der Waals surface area (Å²) in [5.41, 5.74) is 4.21. The van der Waals surface area contributed by atoms with Crippen LogP contribution in [0.2, 0.25) is 0 Å². The second-order valence-electron chi connectivity index (χ2n) is 10.7. The Kier molecular flexibility index (Phi) is 5.63. The lowest BCUT2D eigenvalue weighted by Gasteiger charge is -2.41. The third kappa shape index (κ3) is 3.96. The van der Waals surface area contributed by atoms with Crippen molar-refractivity contribution in [2.45, 2.75) is 71.8 Å². The van der Waals surface area contributed by atoms with Gasteiger partial charge in [0.15, 0.2) is 5.82 Å². The van der Waals surface area contributed by atoms with Crippen molar-refractivity contribution in [1.82, 2.24) is 19.6 Å². The lowest BCUT2D eigenvalue weighted by Crippen LogP contribution is -2.46. The number of Topliss-reactive ketones (excluding diaryl/α,β-unsaturated/α-hetero) is 1. The van der Waals surface area contributed by atoms with Crippen molar-refractivity contribution >= 4 is 17.1 Å². The maximum absolute atomic E-state index is 13.0. The molecule has 0 N–H and O–H groups in total. The third-order valence-corrected chi connectivity index (χ3v) is 7.30. The Labute approximate surface area is 200 Å². The highest BCUT2D eigenvalue weighted by Gasteiger charge is 2.38. The number of aromatic nitrogens is 4. The Morgan fingerprint density at radius 3 is 2.68 bits per heavy atom. The van der Waals surface area contributed by atoms with Gasteiger partial charge in [-0.3, -0.25) is 9.78 Å². The number of piperidine rings is 1. The summed E-state index contributed by atoms with van der Waals surface area (Å²) in [5.74, 6) is 1.92. The van der Waals surface area contributed by atoms with Gasteiger partial charge >= 0.3 is 0 Å². The molecule has 7 heteroatoms. The normalized spacial score (nSPS) is 21.0. The van der Waals surface area contributed by atoms with E-state index in [1.807, 2.05) is 31.4 Å². The van der Waals surface area contributed by atoms with Crippen LogP contribution in [0.25, 0.3) is 16.9 Å². The van der Waals surface area contributed by atoms with Gasteiger partial charge in [-0.25, -0.2) is 9.50 Å². The first kappa shape index (κ1) is 22.5. The minimum atomic E-state index is -0.312. The standard InChI is InChI=1S/C27H32N6O/c1-5-20-13-19(25(34)27(2,3)4)9-11-32(20)26-24-21(18-6-7-18)14-23(33(24)31-16-30-26)22-12-17(15-28)8-10-29-22/h8,10,12,14,16,18-20H,5-7,9,11,13H2,1-4H3/t19-,20-/m0/s1. The molecule has 0 radical (unpaired) electrons. The van der Waals surface area contributed by atoms with Gasteiger partial charge in [0.1, 0.15) is 17.6 Å². The number of carbonyl (C=O) groups excluding carboxylic acids is 1. The average Bonchev–Trinajstić information content (AvgIpc) is 3.62. The van der Waals surface area contributed by atoms with Crippen molar-refractivity contribution in [3.8, 4) is 17.5 Å². The van der Waals surface area contributed by atoms with Crippen LogP contribution >= 0.6 is 0 Å². The molecule has 7 nitrogen and oxygen atoms in total. The maximum Gasteiger partial charge on any atom is 0.157 e. The lowest BCUT2D eigenvalue weighted by atomic mass is 9.76.